The number of aromatic nitrogens is 1. The van der Waals surface area contributed by atoms with Gasteiger partial charge in [-0.2, -0.15) is 0 Å². The smallest absolute Gasteiger partial charge is 0.255 e. The number of rotatable bonds is 8. The Morgan fingerprint density at radius 1 is 1.19 bits per heavy atom. The Labute approximate surface area is 222 Å². The average molecular weight is 519 g/mol. The summed E-state index contributed by atoms with van der Waals surface area (Å²) in [4.78, 5) is 36.0. The van der Waals surface area contributed by atoms with Gasteiger partial charge in [0.15, 0.2) is 0 Å². The number of β-amino-alcohol motifs (C(OH)–C–C–N with tert-alkyl or cyclic N) is 1. The fourth-order valence-electron chi connectivity index (χ4n) is 5.54. The molecule has 0 radical (unpaired) electrons. The molecule has 2 amide bonds. The highest BCUT2D eigenvalue weighted by Gasteiger charge is 2.43. The lowest BCUT2D eigenvalue weighted by atomic mass is 10.0. The SMILES string of the molecule is Cc1ncsc1-c1ccc(CNC[C@@H]2C[C@@H](O)CN2C(=O)[C@H](C(C)C)N2Cc3ccccc3C2=O)cc1. The number of carbonyl (C=O) groups excluding carboxylic acids is 2. The van der Waals surface area contributed by atoms with Crippen LogP contribution >= 0.6 is 11.3 Å². The summed E-state index contributed by atoms with van der Waals surface area (Å²) < 4.78 is 0. The van der Waals surface area contributed by atoms with Crippen molar-refractivity contribution < 1.29 is 14.7 Å². The molecule has 1 fully saturated rings. The maximum absolute atomic E-state index is 13.8. The van der Waals surface area contributed by atoms with E-state index in [4.69, 9.17) is 0 Å². The van der Waals surface area contributed by atoms with Crippen LogP contribution in [0.4, 0.5) is 0 Å². The Bertz CT molecular complexity index is 1270. The van der Waals surface area contributed by atoms with Crippen molar-refractivity contribution in [1.29, 1.82) is 0 Å². The van der Waals surface area contributed by atoms with Crippen LogP contribution in [0, 0.1) is 12.8 Å². The lowest BCUT2D eigenvalue weighted by Gasteiger charge is -2.35. The zero-order valence-electron chi connectivity index (χ0n) is 21.6. The van der Waals surface area contributed by atoms with Crippen LogP contribution in [0.2, 0.25) is 0 Å². The molecule has 0 aliphatic carbocycles. The van der Waals surface area contributed by atoms with E-state index in [-0.39, 0.29) is 23.8 Å². The third-order valence-corrected chi connectivity index (χ3v) is 8.39. The number of nitrogens with zero attached hydrogens (tertiary/aromatic N) is 3. The molecule has 5 rings (SSSR count). The number of aryl methyl sites for hydroxylation is 1. The number of amides is 2. The highest BCUT2D eigenvalue weighted by molar-refractivity contribution is 7.13. The molecule has 194 valence electrons. The van der Waals surface area contributed by atoms with Crippen molar-refractivity contribution in [1.82, 2.24) is 20.1 Å². The molecule has 2 aliphatic heterocycles. The van der Waals surface area contributed by atoms with Gasteiger partial charge in [0.2, 0.25) is 5.91 Å². The van der Waals surface area contributed by atoms with Crippen LogP contribution in [-0.2, 0) is 17.9 Å². The van der Waals surface area contributed by atoms with E-state index in [0.717, 1.165) is 22.4 Å². The van der Waals surface area contributed by atoms with Gasteiger partial charge in [-0.25, -0.2) is 4.98 Å². The number of carbonyl (C=O) groups is 2. The molecule has 8 heteroatoms. The van der Waals surface area contributed by atoms with Gasteiger partial charge in [0.1, 0.15) is 6.04 Å². The minimum Gasteiger partial charge on any atom is -0.391 e. The van der Waals surface area contributed by atoms with Crippen molar-refractivity contribution in [3.05, 3.63) is 76.4 Å². The van der Waals surface area contributed by atoms with Crippen LogP contribution in [0.15, 0.2) is 54.0 Å². The number of nitrogens with one attached hydrogen (secondary N) is 1. The maximum atomic E-state index is 13.8. The normalized spacial score (nSPS) is 20.1. The molecule has 0 bridgehead atoms. The van der Waals surface area contributed by atoms with E-state index in [1.165, 1.54) is 4.88 Å². The summed E-state index contributed by atoms with van der Waals surface area (Å²) in [5.74, 6) is -0.212. The topological polar surface area (TPSA) is 85.8 Å². The van der Waals surface area contributed by atoms with Crippen LogP contribution in [0.1, 0.15) is 47.4 Å². The van der Waals surface area contributed by atoms with Gasteiger partial charge in [0.05, 0.1) is 22.2 Å². The predicted octanol–water partition coefficient (Wildman–Crippen LogP) is 3.85. The lowest BCUT2D eigenvalue weighted by Crippen LogP contribution is -2.54. The van der Waals surface area contributed by atoms with Crippen molar-refractivity contribution in [2.75, 3.05) is 13.1 Å². The fourth-order valence-corrected chi connectivity index (χ4v) is 6.35. The Balaban J connectivity index is 1.23. The minimum absolute atomic E-state index is 0.0437. The van der Waals surface area contributed by atoms with Gasteiger partial charge in [-0.3, -0.25) is 9.59 Å². The van der Waals surface area contributed by atoms with Crippen LogP contribution in [0.25, 0.3) is 10.4 Å². The van der Waals surface area contributed by atoms with Crippen LogP contribution in [0.3, 0.4) is 0 Å². The third kappa shape index (κ3) is 5.19. The predicted molar refractivity (Wildman–Crippen MR) is 145 cm³/mol. The molecule has 0 unspecified atom stereocenters. The Morgan fingerprint density at radius 2 is 1.95 bits per heavy atom. The second kappa shape index (κ2) is 10.7. The third-order valence-electron chi connectivity index (χ3n) is 7.42. The van der Waals surface area contributed by atoms with Crippen LogP contribution in [0.5, 0.6) is 0 Å². The first-order chi connectivity index (χ1) is 17.8. The molecular formula is C29H34N4O3S. The number of hydrogen-bond acceptors (Lipinski definition) is 6. The molecule has 3 heterocycles. The Kier molecular flexibility index (Phi) is 7.42. The monoisotopic (exact) mass is 518 g/mol. The van der Waals surface area contributed by atoms with Crippen LogP contribution < -0.4 is 5.32 Å². The lowest BCUT2D eigenvalue weighted by molar-refractivity contribution is -0.139. The van der Waals surface area contributed by atoms with E-state index < -0.39 is 12.1 Å². The fraction of sp³-hybridized carbons (Fsp3) is 0.414. The molecular weight excluding hydrogens is 484 g/mol. The van der Waals surface area contributed by atoms with Gasteiger partial charge in [-0.05, 0) is 42.0 Å². The first-order valence-electron chi connectivity index (χ1n) is 12.9. The van der Waals surface area contributed by atoms with E-state index in [1.54, 1.807) is 21.1 Å². The molecule has 1 aromatic heterocycles. The van der Waals surface area contributed by atoms with Gasteiger partial charge in [-0.15, -0.1) is 11.3 Å². The summed E-state index contributed by atoms with van der Waals surface area (Å²) in [6.45, 7) is 7.98. The van der Waals surface area contributed by atoms with Gasteiger partial charge < -0.3 is 20.2 Å². The quantitative estimate of drug-likeness (QED) is 0.473. The van der Waals surface area contributed by atoms with Crippen molar-refractivity contribution >= 4 is 23.2 Å². The van der Waals surface area contributed by atoms with Crippen molar-refractivity contribution in [3.8, 4) is 10.4 Å². The number of thiazole rings is 1. The molecule has 3 atom stereocenters. The summed E-state index contributed by atoms with van der Waals surface area (Å²) in [5, 5.41) is 13.9. The van der Waals surface area contributed by atoms with Crippen LogP contribution in [-0.4, -0.2) is 63.0 Å². The largest absolute Gasteiger partial charge is 0.391 e. The van der Waals surface area contributed by atoms with Crippen molar-refractivity contribution in [2.24, 2.45) is 5.92 Å². The number of benzene rings is 2. The first kappa shape index (κ1) is 25.6. The first-order valence-corrected chi connectivity index (χ1v) is 13.8. The average Bonchev–Trinajstić information content (AvgIpc) is 3.57. The molecule has 2 aliphatic rings. The van der Waals surface area contributed by atoms with E-state index in [9.17, 15) is 14.7 Å². The molecule has 37 heavy (non-hydrogen) atoms. The van der Waals surface area contributed by atoms with E-state index in [1.807, 2.05) is 50.5 Å². The molecule has 2 aromatic carbocycles. The number of hydrogen-bond donors (Lipinski definition) is 2. The Morgan fingerprint density at radius 3 is 2.62 bits per heavy atom. The highest BCUT2D eigenvalue weighted by Crippen LogP contribution is 2.30. The number of aliphatic hydroxyl groups excluding tert-OH is 1. The summed E-state index contributed by atoms with van der Waals surface area (Å²) in [6.07, 6.45) is -0.0293. The Hall–Kier alpha value is -3.07. The summed E-state index contributed by atoms with van der Waals surface area (Å²) in [7, 11) is 0. The summed E-state index contributed by atoms with van der Waals surface area (Å²) in [6, 6.07) is 15.3. The number of fused-ring (bicyclic) bond motifs is 1. The van der Waals surface area contributed by atoms with Gasteiger partial charge in [-0.1, -0.05) is 56.3 Å². The molecule has 3 aromatic rings. The maximum Gasteiger partial charge on any atom is 0.255 e. The standard InChI is InChI=1S/C29H34N4O3S/c1-18(2)26(33-15-22-6-4-5-7-25(22)28(33)35)29(36)32-16-24(34)12-23(32)14-30-13-20-8-10-21(11-9-20)27-19(3)31-17-37-27/h4-11,17-18,23-24,26,30,34H,12-16H2,1-3H3/t23-,24+,26-/m0/s1. The van der Waals surface area contributed by atoms with Crippen molar-refractivity contribution in [2.45, 2.75) is 58.5 Å². The number of aliphatic hydroxyl groups is 1. The van der Waals surface area contributed by atoms with Gasteiger partial charge in [0, 0.05) is 37.8 Å². The number of likely N-dealkylation sites (tertiary alicyclic amines) is 1. The molecule has 0 spiro atoms. The van der Waals surface area contributed by atoms with Crippen molar-refractivity contribution in [3.63, 3.8) is 0 Å². The van der Waals surface area contributed by atoms with E-state index in [2.05, 4.69) is 34.6 Å². The highest BCUT2D eigenvalue weighted by atomic mass is 32.1. The van der Waals surface area contributed by atoms with E-state index >= 15 is 0 Å². The van der Waals surface area contributed by atoms with Gasteiger partial charge >= 0.3 is 0 Å². The van der Waals surface area contributed by atoms with E-state index in [0.29, 0.717) is 38.2 Å². The molecule has 2 N–H and O–H groups in total. The molecule has 7 nitrogen and oxygen atoms in total. The molecule has 0 saturated carbocycles. The minimum atomic E-state index is -0.560. The summed E-state index contributed by atoms with van der Waals surface area (Å²) >= 11 is 1.64. The van der Waals surface area contributed by atoms with Gasteiger partial charge in [0.25, 0.3) is 5.91 Å². The second-order valence-corrected chi connectivity index (χ2v) is 11.3. The second-order valence-electron chi connectivity index (χ2n) is 10.4. The zero-order chi connectivity index (χ0) is 26.1. The zero-order valence-corrected chi connectivity index (χ0v) is 22.4. The molecule has 1 saturated heterocycles. The summed E-state index contributed by atoms with van der Waals surface area (Å²) in [5.41, 5.74) is 6.87.